The first kappa shape index (κ1) is 11.8. The van der Waals surface area contributed by atoms with Crippen molar-refractivity contribution in [2.24, 2.45) is 0 Å². The minimum atomic E-state index is -0.931. The summed E-state index contributed by atoms with van der Waals surface area (Å²) in [7, 11) is 9.90. The average Bonchev–Trinajstić information content (AvgIpc) is 1.33. The van der Waals surface area contributed by atoms with Gasteiger partial charge in [-0.15, -0.1) is 0 Å². The summed E-state index contributed by atoms with van der Waals surface area (Å²) in [5.74, 6) is 0. The van der Waals surface area contributed by atoms with Gasteiger partial charge < -0.3 is 0 Å². The van der Waals surface area contributed by atoms with E-state index in [4.69, 9.17) is 54.2 Å². The van der Waals surface area contributed by atoms with Gasteiger partial charge in [0, 0.05) is 0 Å². The fourth-order valence-corrected chi connectivity index (χ4v) is 0. The summed E-state index contributed by atoms with van der Waals surface area (Å²) in [5.41, 5.74) is 0. The van der Waals surface area contributed by atoms with Crippen LogP contribution in [0.1, 0.15) is 0 Å². The topological polar surface area (TPSA) is 0 Å². The maximum absolute atomic E-state index is 4.95. The van der Waals surface area contributed by atoms with Gasteiger partial charge in [-0.1, -0.05) is 34.8 Å². The van der Waals surface area contributed by atoms with Crippen LogP contribution < -0.4 is 0 Å². The molecule has 0 saturated heterocycles. The van der Waals surface area contributed by atoms with E-state index in [2.05, 4.69) is 0 Å². The molecule has 0 aromatic carbocycles. The van der Waals surface area contributed by atoms with Crippen molar-refractivity contribution < 1.29 is 15.1 Å². The van der Waals surface area contributed by atoms with Crippen molar-refractivity contribution in [1.29, 1.82) is 0 Å². The Morgan fingerprint density at radius 2 is 1.00 bits per heavy atom. The second-order valence-corrected chi connectivity index (χ2v) is 6.95. The van der Waals surface area contributed by atoms with Crippen molar-refractivity contribution in [2.45, 2.75) is 4.30 Å². The van der Waals surface area contributed by atoms with E-state index in [9.17, 15) is 0 Å². The Labute approximate surface area is 73.1 Å². The van der Waals surface area contributed by atoms with E-state index in [1.165, 1.54) is 0 Å². The van der Waals surface area contributed by atoms with Gasteiger partial charge in [0.05, 0.1) is 0 Å². The third-order valence-electron chi connectivity index (χ3n) is 0. The van der Waals surface area contributed by atoms with Gasteiger partial charge in [-0.05, 0) is 0 Å². The molecule has 0 bridgehead atoms. The minimum absolute atomic E-state index is 0.750. The molecule has 0 aromatic heterocycles. The molecule has 0 aromatic rings. The van der Waals surface area contributed by atoms with Crippen molar-refractivity contribution in [2.75, 3.05) is 0 Å². The van der Waals surface area contributed by atoms with E-state index in [1.807, 2.05) is 0 Å². The molecule has 0 saturated carbocycles. The zero-order chi connectivity index (χ0) is 6.28. The Morgan fingerprint density at radius 3 is 1.00 bits per heavy atom. The van der Waals surface area contributed by atoms with E-state index < -0.39 is 19.4 Å². The predicted molar refractivity (Wildman–Crippen MR) is 33.1 cm³/mol. The van der Waals surface area contributed by atoms with Crippen molar-refractivity contribution in [3.8, 4) is 0 Å². The Hall–Kier alpha value is 2.07. The van der Waals surface area contributed by atoms with Crippen molar-refractivity contribution in [1.82, 2.24) is 0 Å². The van der Waals surface area contributed by atoms with E-state index in [0.29, 0.717) is 0 Å². The van der Waals surface area contributed by atoms with Crippen LogP contribution in [0.3, 0.4) is 0 Å². The molecule has 0 aliphatic heterocycles. The molecule has 0 N–H and O–H groups in total. The van der Waals surface area contributed by atoms with Gasteiger partial charge in [0.25, 0.3) is 0 Å². The molecule has 0 atom stereocenters. The van der Waals surface area contributed by atoms with Crippen LogP contribution in [0, 0.1) is 0 Å². The first-order valence-electron chi connectivity index (χ1n) is 1.19. The summed E-state index contributed by atoms with van der Waals surface area (Å²) >= 11 is 13.5. The zero-order valence-corrected chi connectivity index (χ0v) is 9.92. The summed E-state index contributed by atoms with van der Waals surface area (Å²) in [6.45, 7) is 0. The van der Waals surface area contributed by atoms with Crippen LogP contribution in [0.5, 0.6) is 0 Å². The van der Waals surface area contributed by atoms with Crippen LogP contribution in [0.2, 0.25) is 0 Å². The molecule has 0 radical (unpaired) electrons. The van der Waals surface area contributed by atoms with Crippen LogP contribution in [0.4, 0.5) is 0 Å². The van der Waals surface area contributed by atoms with Gasteiger partial charge in [-0.2, -0.15) is 0 Å². The van der Waals surface area contributed by atoms with E-state index in [-0.39, 0.29) is 0 Å². The van der Waals surface area contributed by atoms with Crippen LogP contribution in [-0.4, -0.2) is 4.30 Å². The Balaban J connectivity index is 0. The van der Waals surface area contributed by atoms with Crippen molar-refractivity contribution >= 4 is 54.2 Å². The van der Waals surface area contributed by atoms with Gasteiger partial charge in [0.15, 0.2) is 4.30 Å². The maximum atomic E-state index is 4.95. The average molecular weight is 256 g/mol. The molecule has 7 heavy (non-hydrogen) atoms. The zero-order valence-electron chi connectivity index (χ0n) is 3.17. The second-order valence-electron chi connectivity index (χ2n) is 0.348. The quantitative estimate of drug-likeness (QED) is 0.460. The van der Waals surface area contributed by atoms with Crippen molar-refractivity contribution in [3.63, 3.8) is 0 Å². The molecule has 0 amide bonds. The number of halogens is 5. The molecule has 0 aliphatic carbocycles. The SMILES string of the molecule is ClC(Cl)Cl.[Cl][Zn][Cl]. The number of hydrogen-bond acceptors (Lipinski definition) is 0. The molecular formula is CHCl5Zn. The molecule has 0 fully saturated rings. The van der Waals surface area contributed by atoms with Gasteiger partial charge in [-0.3, -0.25) is 0 Å². The number of alkyl halides is 3. The normalized spacial score (nSPS) is 6.57. The molecule has 0 heterocycles. The van der Waals surface area contributed by atoms with Crippen LogP contribution in [-0.2, 0) is 15.1 Å². The van der Waals surface area contributed by atoms with Crippen LogP contribution in [0.25, 0.3) is 0 Å². The van der Waals surface area contributed by atoms with Gasteiger partial charge >= 0.3 is 34.5 Å². The molecule has 0 unspecified atom stereocenters. The predicted octanol–water partition coefficient (Wildman–Crippen LogP) is 3.36. The third kappa shape index (κ3) is 69.3. The molecule has 0 rings (SSSR count). The molecule has 42 valence electrons. The Morgan fingerprint density at radius 1 is 1.00 bits per heavy atom. The fraction of sp³-hybridized carbons (Fsp3) is 1.00. The monoisotopic (exact) mass is 252 g/mol. The molecule has 6 heteroatoms. The van der Waals surface area contributed by atoms with Gasteiger partial charge in [0.2, 0.25) is 0 Å². The second kappa shape index (κ2) is 11.0. The number of hydrogen-bond donors (Lipinski definition) is 0. The molecular weight excluding hydrogens is 255 g/mol. The van der Waals surface area contributed by atoms with E-state index in [1.54, 1.807) is 0 Å². The van der Waals surface area contributed by atoms with Crippen LogP contribution in [0.15, 0.2) is 0 Å². The molecule has 0 spiro atoms. The number of rotatable bonds is 0. The van der Waals surface area contributed by atoms with Crippen LogP contribution >= 0.6 is 54.2 Å². The Kier molecular flexibility index (Phi) is 18.5. The van der Waals surface area contributed by atoms with E-state index in [0.717, 1.165) is 0 Å². The van der Waals surface area contributed by atoms with Gasteiger partial charge in [0.1, 0.15) is 0 Å². The summed E-state index contributed by atoms with van der Waals surface area (Å²) in [6.07, 6.45) is 0. The standard InChI is InChI=1S/CHCl3.2ClH.Zn/c2-1(3)4;;;/h1H;2*1H;/q;;;+2/p-2. The third-order valence-corrected chi connectivity index (χ3v) is 0. The van der Waals surface area contributed by atoms with Gasteiger partial charge in [-0.25, -0.2) is 0 Å². The molecule has 0 aliphatic rings. The summed E-state index contributed by atoms with van der Waals surface area (Å²) in [4.78, 5) is 0. The first-order chi connectivity index (χ1) is 3.15. The fourth-order valence-electron chi connectivity index (χ4n) is 0. The first-order valence-corrected chi connectivity index (χ1v) is 10.3. The molecule has 0 nitrogen and oxygen atoms in total. The summed E-state index contributed by atoms with van der Waals surface area (Å²) < 4.78 is -0.750. The summed E-state index contributed by atoms with van der Waals surface area (Å²) in [6, 6.07) is 0. The Bertz CT molecular complexity index is 19.3. The van der Waals surface area contributed by atoms with E-state index >= 15 is 0 Å². The summed E-state index contributed by atoms with van der Waals surface area (Å²) in [5, 5.41) is 0. The van der Waals surface area contributed by atoms with Crippen molar-refractivity contribution in [3.05, 3.63) is 0 Å².